The smallest absolute Gasteiger partial charge is 0.348 e. The van der Waals surface area contributed by atoms with Gasteiger partial charge in [0, 0.05) is 10.9 Å². The van der Waals surface area contributed by atoms with Gasteiger partial charge < -0.3 is 15.3 Å². The molecule has 0 radical (unpaired) electrons. The molecule has 2 aromatic carbocycles. The van der Waals surface area contributed by atoms with Crippen LogP contribution in [0.3, 0.4) is 0 Å². The number of aliphatic hydroxyl groups excluding tert-OH is 2. The molecule has 0 saturated heterocycles. The Labute approximate surface area is 141 Å². The van der Waals surface area contributed by atoms with Crippen LogP contribution in [0.4, 0.5) is 0 Å². The van der Waals surface area contributed by atoms with Crippen molar-refractivity contribution in [2.75, 3.05) is 0 Å². The number of hydrogen-bond donors (Lipinski definition) is 4. The molecule has 0 aliphatic carbocycles. The molecule has 7 heteroatoms. The molecule has 25 heavy (non-hydrogen) atoms. The quantitative estimate of drug-likeness (QED) is 0.453. The van der Waals surface area contributed by atoms with Crippen molar-refractivity contribution in [2.24, 2.45) is 0 Å². The molecule has 0 amide bonds. The number of rotatable bonds is 3. The maximum Gasteiger partial charge on any atom is 0.348 e. The van der Waals surface area contributed by atoms with Gasteiger partial charge in [-0.05, 0) is 41.0 Å². The number of aromatic hydroxyl groups is 1. The monoisotopic (exact) mass is 337 g/mol. The highest BCUT2D eigenvalue weighted by Crippen LogP contribution is 2.35. The van der Waals surface area contributed by atoms with E-state index in [1.54, 1.807) is 30.3 Å². The summed E-state index contributed by atoms with van der Waals surface area (Å²) in [5, 5.41) is 36.3. The molecular weight excluding hydrogens is 322 g/mol. The number of aromatic nitrogens is 3. The molecule has 0 bridgehead atoms. The lowest BCUT2D eigenvalue weighted by atomic mass is 9.99. The van der Waals surface area contributed by atoms with E-state index in [0.717, 1.165) is 0 Å². The zero-order chi connectivity index (χ0) is 17.6. The van der Waals surface area contributed by atoms with E-state index in [9.17, 15) is 20.1 Å². The molecule has 0 fully saturated rings. The fraction of sp³-hybridized carbons (Fsp3) is 0.111. The molecule has 126 valence electrons. The Bertz CT molecular complexity index is 1160. The third kappa shape index (κ3) is 2.37. The number of hydrogen-bond acceptors (Lipinski definition) is 5. The van der Waals surface area contributed by atoms with Crippen LogP contribution in [-0.2, 0) is 13.2 Å². The molecule has 0 atom stereocenters. The zero-order valence-corrected chi connectivity index (χ0v) is 13.1. The summed E-state index contributed by atoms with van der Waals surface area (Å²) in [4.78, 5) is 12.1. The maximum absolute atomic E-state index is 12.1. The lowest BCUT2D eigenvalue weighted by molar-refractivity contribution is 0.282. The number of aromatic amines is 1. The molecule has 2 heterocycles. The highest BCUT2D eigenvalue weighted by Gasteiger charge is 2.14. The molecule has 4 N–H and O–H groups in total. The summed E-state index contributed by atoms with van der Waals surface area (Å²) in [5.74, 6) is 0.0215. The summed E-state index contributed by atoms with van der Waals surface area (Å²) in [6.07, 6.45) is 0. The van der Waals surface area contributed by atoms with E-state index in [0.29, 0.717) is 38.8 Å². The van der Waals surface area contributed by atoms with E-state index >= 15 is 0 Å². The van der Waals surface area contributed by atoms with Crippen LogP contribution < -0.4 is 5.69 Å². The van der Waals surface area contributed by atoms with Crippen molar-refractivity contribution in [3.63, 3.8) is 0 Å². The molecule has 4 rings (SSSR count). The second-order valence-corrected chi connectivity index (χ2v) is 5.80. The molecule has 0 aliphatic rings. The first kappa shape index (κ1) is 15.4. The van der Waals surface area contributed by atoms with Crippen LogP contribution in [0.2, 0.25) is 0 Å². The average Bonchev–Trinajstić information content (AvgIpc) is 3.01. The zero-order valence-electron chi connectivity index (χ0n) is 13.1. The second-order valence-electron chi connectivity index (χ2n) is 5.80. The summed E-state index contributed by atoms with van der Waals surface area (Å²) in [6, 6.07) is 12.0. The minimum atomic E-state index is -0.398. The minimum Gasteiger partial charge on any atom is -0.507 e. The summed E-state index contributed by atoms with van der Waals surface area (Å²) in [6.45, 7) is -0.352. The number of benzene rings is 2. The van der Waals surface area contributed by atoms with Gasteiger partial charge >= 0.3 is 5.69 Å². The first-order valence-electron chi connectivity index (χ1n) is 7.69. The molecule has 0 unspecified atom stereocenters. The second kappa shape index (κ2) is 5.73. The first-order valence-corrected chi connectivity index (χ1v) is 7.69. The van der Waals surface area contributed by atoms with E-state index in [1.165, 1.54) is 10.5 Å². The summed E-state index contributed by atoms with van der Waals surface area (Å²) >= 11 is 0. The number of nitrogens with one attached hydrogen (secondary N) is 1. The van der Waals surface area contributed by atoms with Crippen LogP contribution >= 0.6 is 0 Å². The van der Waals surface area contributed by atoms with Gasteiger partial charge in [0.05, 0.1) is 18.7 Å². The van der Waals surface area contributed by atoms with Crippen LogP contribution in [0.5, 0.6) is 5.75 Å². The third-order valence-corrected chi connectivity index (χ3v) is 4.29. The first-order chi connectivity index (χ1) is 12.1. The van der Waals surface area contributed by atoms with Gasteiger partial charge in [-0.3, -0.25) is 0 Å². The Morgan fingerprint density at radius 2 is 1.92 bits per heavy atom. The largest absolute Gasteiger partial charge is 0.507 e. The van der Waals surface area contributed by atoms with E-state index in [4.69, 9.17) is 0 Å². The Morgan fingerprint density at radius 1 is 1.08 bits per heavy atom. The van der Waals surface area contributed by atoms with E-state index in [-0.39, 0.29) is 19.0 Å². The van der Waals surface area contributed by atoms with Gasteiger partial charge in [0.2, 0.25) is 0 Å². The number of nitrogens with zero attached hydrogens (tertiary/aromatic N) is 2. The molecule has 4 aromatic rings. The van der Waals surface area contributed by atoms with Crippen molar-refractivity contribution < 1.29 is 15.3 Å². The Balaban J connectivity index is 2.10. The van der Waals surface area contributed by atoms with Gasteiger partial charge in [0.1, 0.15) is 5.75 Å². The van der Waals surface area contributed by atoms with E-state index in [1.807, 2.05) is 6.07 Å². The number of aliphatic hydroxyl groups is 2. The van der Waals surface area contributed by atoms with Gasteiger partial charge in [0.15, 0.2) is 5.65 Å². The molecular formula is C18H15N3O4. The SMILES string of the molecule is O=c1[nH]nc2cc(CO)c3cc(O)c(-c4cccc(CO)c4)cc3n12. The fourth-order valence-corrected chi connectivity index (χ4v) is 3.09. The lowest BCUT2D eigenvalue weighted by Crippen LogP contribution is -2.10. The molecule has 2 aromatic heterocycles. The number of pyridine rings is 1. The number of phenolic OH excluding ortho intramolecular Hbond substituents is 1. The van der Waals surface area contributed by atoms with E-state index < -0.39 is 5.69 Å². The van der Waals surface area contributed by atoms with Crippen molar-refractivity contribution in [3.8, 4) is 16.9 Å². The van der Waals surface area contributed by atoms with Crippen molar-refractivity contribution >= 4 is 16.6 Å². The van der Waals surface area contributed by atoms with Crippen LogP contribution in [-0.4, -0.2) is 29.9 Å². The minimum absolute atomic E-state index is 0.0215. The van der Waals surface area contributed by atoms with Gasteiger partial charge in [-0.1, -0.05) is 18.2 Å². The highest BCUT2D eigenvalue weighted by molar-refractivity contribution is 5.92. The van der Waals surface area contributed by atoms with Crippen LogP contribution in [0.25, 0.3) is 27.7 Å². The topological polar surface area (TPSA) is 111 Å². The van der Waals surface area contributed by atoms with Crippen LogP contribution in [0, 0.1) is 0 Å². The Kier molecular flexibility index (Phi) is 3.52. The normalized spacial score (nSPS) is 11.4. The molecule has 0 aliphatic heterocycles. The average molecular weight is 337 g/mol. The number of phenols is 1. The third-order valence-electron chi connectivity index (χ3n) is 4.29. The summed E-state index contributed by atoms with van der Waals surface area (Å²) in [5.41, 5.74) is 3.03. The fourth-order valence-electron chi connectivity index (χ4n) is 3.09. The van der Waals surface area contributed by atoms with Gasteiger partial charge in [0.25, 0.3) is 0 Å². The van der Waals surface area contributed by atoms with Gasteiger partial charge in [-0.2, -0.15) is 5.10 Å². The van der Waals surface area contributed by atoms with Crippen molar-refractivity contribution in [2.45, 2.75) is 13.2 Å². The van der Waals surface area contributed by atoms with Crippen molar-refractivity contribution in [1.82, 2.24) is 14.6 Å². The Morgan fingerprint density at radius 3 is 2.68 bits per heavy atom. The molecule has 0 saturated carbocycles. The Hall–Kier alpha value is -3.16. The summed E-state index contributed by atoms with van der Waals surface area (Å²) < 4.78 is 1.40. The standard InChI is InChI=1S/C18H15N3O4/c22-8-10-2-1-3-11(4-10)14-6-15-13(7-16(14)24)12(9-23)5-17-19-20-18(25)21(15)17/h1-7,22-24H,8-9H2,(H,20,25). The van der Waals surface area contributed by atoms with Gasteiger partial charge in [-0.15, -0.1) is 0 Å². The molecule has 0 spiro atoms. The van der Waals surface area contributed by atoms with E-state index in [2.05, 4.69) is 10.2 Å². The maximum atomic E-state index is 12.1. The number of fused-ring (bicyclic) bond motifs is 3. The highest BCUT2D eigenvalue weighted by atomic mass is 16.3. The van der Waals surface area contributed by atoms with Gasteiger partial charge in [-0.25, -0.2) is 14.3 Å². The summed E-state index contributed by atoms with van der Waals surface area (Å²) in [7, 11) is 0. The van der Waals surface area contributed by atoms with Crippen LogP contribution in [0.1, 0.15) is 11.1 Å². The number of H-pyrrole nitrogens is 1. The van der Waals surface area contributed by atoms with Crippen molar-refractivity contribution in [1.29, 1.82) is 0 Å². The predicted octanol–water partition coefficient (Wildman–Crippen LogP) is 1.53. The molecule has 7 nitrogen and oxygen atoms in total. The van der Waals surface area contributed by atoms with Crippen molar-refractivity contribution in [3.05, 3.63) is 64.1 Å². The predicted molar refractivity (Wildman–Crippen MR) is 92.3 cm³/mol. The lowest BCUT2D eigenvalue weighted by Gasteiger charge is -2.12. The van der Waals surface area contributed by atoms with Crippen LogP contribution in [0.15, 0.2) is 47.3 Å².